The van der Waals surface area contributed by atoms with Crippen molar-refractivity contribution in [2.75, 3.05) is 11.1 Å². The second-order valence-electron chi connectivity index (χ2n) is 3.99. The third-order valence-corrected chi connectivity index (χ3v) is 2.45. The van der Waals surface area contributed by atoms with Crippen molar-refractivity contribution in [2.24, 2.45) is 0 Å². The van der Waals surface area contributed by atoms with Crippen LogP contribution in [0.15, 0.2) is 34.9 Å². The zero-order valence-corrected chi connectivity index (χ0v) is 9.78. The summed E-state index contributed by atoms with van der Waals surface area (Å²) >= 11 is 0. The number of aryl methyl sites for hydroxylation is 2. The van der Waals surface area contributed by atoms with E-state index in [9.17, 15) is 4.79 Å². The fourth-order valence-electron chi connectivity index (χ4n) is 1.54. The van der Waals surface area contributed by atoms with Crippen molar-refractivity contribution in [3.8, 4) is 0 Å². The van der Waals surface area contributed by atoms with Gasteiger partial charge in [0, 0.05) is 0 Å². The van der Waals surface area contributed by atoms with E-state index < -0.39 is 0 Å². The Kier molecular flexibility index (Phi) is 2.87. The van der Waals surface area contributed by atoms with E-state index >= 15 is 0 Å². The molecule has 0 radical (unpaired) electrons. The van der Waals surface area contributed by atoms with Crippen molar-refractivity contribution in [1.29, 1.82) is 0 Å². The number of nitrogen functional groups attached to an aromatic ring is 1. The predicted octanol–water partition coefficient (Wildman–Crippen LogP) is 2.73. The quantitative estimate of drug-likeness (QED) is 0.779. The van der Waals surface area contributed by atoms with Crippen LogP contribution in [0.2, 0.25) is 0 Å². The number of anilines is 2. The third-order valence-electron chi connectivity index (χ3n) is 2.45. The first-order valence-electron chi connectivity index (χ1n) is 5.29. The summed E-state index contributed by atoms with van der Waals surface area (Å²) in [6, 6.07) is 7.18. The maximum absolute atomic E-state index is 11.9. The monoisotopic (exact) mass is 230 g/mol. The van der Waals surface area contributed by atoms with Crippen molar-refractivity contribution in [3.63, 3.8) is 0 Å². The molecule has 2 aromatic rings. The summed E-state index contributed by atoms with van der Waals surface area (Å²) in [5.74, 6) is 0.478. The van der Waals surface area contributed by atoms with Crippen molar-refractivity contribution in [1.82, 2.24) is 0 Å². The van der Waals surface area contributed by atoms with Crippen LogP contribution in [0.3, 0.4) is 0 Å². The molecule has 1 amide bonds. The Bertz CT molecular complexity index is 558. The lowest BCUT2D eigenvalue weighted by molar-refractivity contribution is 0.102. The number of carbonyl (C=O) groups excluding carboxylic acids is 1. The minimum atomic E-state index is -0.223. The molecule has 1 aromatic heterocycles. The first kappa shape index (κ1) is 11.3. The number of amides is 1. The molecule has 4 heteroatoms. The van der Waals surface area contributed by atoms with Crippen LogP contribution in [0.25, 0.3) is 0 Å². The van der Waals surface area contributed by atoms with E-state index in [0.29, 0.717) is 22.7 Å². The van der Waals surface area contributed by atoms with E-state index in [1.165, 1.54) is 6.26 Å². The topological polar surface area (TPSA) is 68.3 Å². The van der Waals surface area contributed by atoms with Gasteiger partial charge in [0.05, 0.1) is 16.9 Å². The molecular weight excluding hydrogens is 216 g/mol. The number of hydrogen-bond acceptors (Lipinski definition) is 3. The first-order valence-corrected chi connectivity index (χ1v) is 5.29. The molecule has 1 aromatic carbocycles. The van der Waals surface area contributed by atoms with Crippen LogP contribution in [-0.4, -0.2) is 5.91 Å². The Morgan fingerprint density at radius 2 is 2.06 bits per heavy atom. The maximum Gasteiger partial charge on any atom is 0.258 e. The van der Waals surface area contributed by atoms with Crippen LogP contribution in [0.1, 0.15) is 21.7 Å². The van der Waals surface area contributed by atoms with Gasteiger partial charge in [-0.05, 0) is 37.6 Å². The van der Waals surface area contributed by atoms with Gasteiger partial charge in [-0.25, -0.2) is 0 Å². The molecule has 0 saturated carbocycles. The van der Waals surface area contributed by atoms with E-state index in [4.69, 9.17) is 10.2 Å². The maximum atomic E-state index is 11.9. The van der Waals surface area contributed by atoms with Gasteiger partial charge in [0.1, 0.15) is 12.0 Å². The van der Waals surface area contributed by atoms with E-state index in [0.717, 1.165) is 5.56 Å². The average molecular weight is 230 g/mol. The summed E-state index contributed by atoms with van der Waals surface area (Å²) in [7, 11) is 0. The Morgan fingerprint density at radius 1 is 1.29 bits per heavy atom. The lowest BCUT2D eigenvalue weighted by Crippen LogP contribution is -2.12. The number of carbonyl (C=O) groups is 1. The molecule has 3 N–H and O–H groups in total. The predicted molar refractivity (Wildman–Crippen MR) is 67.0 cm³/mol. The molecule has 0 unspecified atom stereocenters. The second kappa shape index (κ2) is 4.33. The van der Waals surface area contributed by atoms with E-state index in [1.54, 1.807) is 19.1 Å². The number of nitrogens with one attached hydrogen (secondary N) is 1. The third kappa shape index (κ3) is 2.47. The molecule has 0 aliphatic heterocycles. The van der Waals surface area contributed by atoms with Crippen LogP contribution in [0.4, 0.5) is 11.4 Å². The van der Waals surface area contributed by atoms with Gasteiger partial charge in [-0.1, -0.05) is 6.07 Å². The summed E-state index contributed by atoms with van der Waals surface area (Å²) in [5, 5.41) is 2.76. The highest BCUT2D eigenvalue weighted by Gasteiger charge is 2.10. The van der Waals surface area contributed by atoms with Gasteiger partial charge in [-0.3, -0.25) is 4.79 Å². The number of nitrogens with two attached hydrogens (primary N) is 1. The highest BCUT2D eigenvalue weighted by molar-refractivity contribution is 6.05. The Balaban J connectivity index is 2.21. The van der Waals surface area contributed by atoms with Crippen molar-refractivity contribution >= 4 is 17.3 Å². The molecule has 0 bridgehead atoms. The van der Waals surface area contributed by atoms with Crippen LogP contribution < -0.4 is 11.1 Å². The van der Waals surface area contributed by atoms with Crippen LogP contribution >= 0.6 is 0 Å². The first-order chi connectivity index (χ1) is 8.06. The van der Waals surface area contributed by atoms with Gasteiger partial charge in [0.2, 0.25) is 0 Å². The summed E-state index contributed by atoms with van der Waals surface area (Å²) in [6.07, 6.45) is 1.43. The van der Waals surface area contributed by atoms with Crippen LogP contribution in [-0.2, 0) is 0 Å². The van der Waals surface area contributed by atoms with Gasteiger partial charge in [-0.2, -0.15) is 0 Å². The van der Waals surface area contributed by atoms with Crippen molar-refractivity contribution in [3.05, 3.63) is 47.4 Å². The number of hydrogen-bond donors (Lipinski definition) is 2. The molecule has 0 aliphatic rings. The fourth-order valence-corrected chi connectivity index (χ4v) is 1.54. The highest BCUT2D eigenvalue weighted by atomic mass is 16.3. The minimum absolute atomic E-state index is 0.223. The molecule has 0 atom stereocenters. The standard InChI is InChI=1S/C13H14N2O2/c1-8-3-4-11(14)12(5-8)15-13(16)10-6-9(2)17-7-10/h3-7H,14H2,1-2H3,(H,15,16). The van der Waals surface area contributed by atoms with Gasteiger partial charge < -0.3 is 15.5 Å². The molecule has 0 spiro atoms. The lowest BCUT2D eigenvalue weighted by Gasteiger charge is -2.07. The molecule has 4 nitrogen and oxygen atoms in total. The summed E-state index contributed by atoms with van der Waals surface area (Å²) in [5.41, 5.74) is 8.48. The molecule has 1 heterocycles. The summed E-state index contributed by atoms with van der Waals surface area (Å²) in [6.45, 7) is 3.73. The largest absolute Gasteiger partial charge is 0.469 e. The fraction of sp³-hybridized carbons (Fsp3) is 0.154. The Hall–Kier alpha value is -2.23. The zero-order chi connectivity index (χ0) is 12.4. The molecule has 17 heavy (non-hydrogen) atoms. The number of rotatable bonds is 2. The lowest BCUT2D eigenvalue weighted by atomic mass is 10.2. The number of furan rings is 1. The van der Waals surface area contributed by atoms with Gasteiger partial charge in [0.15, 0.2) is 0 Å². The molecule has 2 rings (SSSR count). The van der Waals surface area contributed by atoms with Crippen LogP contribution in [0.5, 0.6) is 0 Å². The average Bonchev–Trinajstić information content (AvgIpc) is 2.70. The second-order valence-corrected chi connectivity index (χ2v) is 3.99. The zero-order valence-electron chi connectivity index (χ0n) is 9.78. The van der Waals surface area contributed by atoms with E-state index in [2.05, 4.69) is 5.32 Å². The summed E-state index contributed by atoms with van der Waals surface area (Å²) < 4.78 is 5.09. The van der Waals surface area contributed by atoms with Gasteiger partial charge >= 0.3 is 0 Å². The summed E-state index contributed by atoms with van der Waals surface area (Å²) in [4.78, 5) is 11.9. The van der Waals surface area contributed by atoms with E-state index in [-0.39, 0.29) is 5.91 Å². The smallest absolute Gasteiger partial charge is 0.258 e. The van der Waals surface area contributed by atoms with Crippen LogP contribution in [0, 0.1) is 13.8 Å². The molecular formula is C13H14N2O2. The van der Waals surface area contributed by atoms with Gasteiger partial charge in [-0.15, -0.1) is 0 Å². The molecule has 0 saturated heterocycles. The Labute approximate surface area is 99.4 Å². The Morgan fingerprint density at radius 3 is 2.71 bits per heavy atom. The van der Waals surface area contributed by atoms with Gasteiger partial charge in [0.25, 0.3) is 5.91 Å². The van der Waals surface area contributed by atoms with Crippen molar-refractivity contribution in [2.45, 2.75) is 13.8 Å². The minimum Gasteiger partial charge on any atom is -0.469 e. The van der Waals surface area contributed by atoms with Crippen molar-refractivity contribution < 1.29 is 9.21 Å². The highest BCUT2D eigenvalue weighted by Crippen LogP contribution is 2.20. The number of benzene rings is 1. The molecule has 0 aliphatic carbocycles. The van der Waals surface area contributed by atoms with E-state index in [1.807, 2.05) is 19.1 Å². The normalized spacial score (nSPS) is 10.2. The SMILES string of the molecule is Cc1ccc(N)c(NC(=O)c2coc(C)c2)c1. The molecule has 88 valence electrons. The molecule has 0 fully saturated rings.